The minimum Gasteiger partial charge on any atom is -0.495 e. The van der Waals surface area contributed by atoms with Crippen LogP contribution in [0.4, 0.5) is 5.69 Å². The fourth-order valence-corrected chi connectivity index (χ4v) is 5.11. The Morgan fingerprint density at radius 3 is 2.67 bits per heavy atom. The highest BCUT2D eigenvalue weighted by atomic mass is 16.5. The normalized spacial score (nSPS) is 14.2. The maximum Gasteiger partial charge on any atom is 0.337 e. The second-order valence-electron chi connectivity index (χ2n) is 8.78. The van der Waals surface area contributed by atoms with E-state index in [4.69, 9.17) is 9.47 Å². The van der Waals surface area contributed by atoms with E-state index in [1.165, 1.54) is 48.5 Å². The van der Waals surface area contributed by atoms with Crippen LogP contribution in [0.3, 0.4) is 0 Å². The number of aromatic nitrogens is 2. The Balaban J connectivity index is 1.36. The van der Waals surface area contributed by atoms with Gasteiger partial charge in [-0.3, -0.25) is 0 Å². The van der Waals surface area contributed by atoms with Crippen LogP contribution >= 0.6 is 0 Å². The van der Waals surface area contributed by atoms with E-state index in [0.29, 0.717) is 5.56 Å². The fraction of sp³-hybridized carbons (Fsp3) is 0.370. The van der Waals surface area contributed by atoms with E-state index in [0.717, 1.165) is 49.1 Å². The number of hydrogen-bond donors (Lipinski definition) is 1. The van der Waals surface area contributed by atoms with Crippen LogP contribution in [0.5, 0.6) is 5.75 Å². The van der Waals surface area contributed by atoms with Gasteiger partial charge in [-0.25, -0.2) is 4.79 Å². The van der Waals surface area contributed by atoms with E-state index in [1.807, 2.05) is 12.1 Å². The van der Waals surface area contributed by atoms with Gasteiger partial charge in [0, 0.05) is 48.3 Å². The first-order chi connectivity index (χ1) is 16.2. The zero-order chi connectivity index (χ0) is 22.8. The van der Waals surface area contributed by atoms with Gasteiger partial charge >= 0.3 is 5.97 Å². The molecule has 0 bridgehead atoms. The van der Waals surface area contributed by atoms with E-state index in [1.54, 1.807) is 13.2 Å². The van der Waals surface area contributed by atoms with Crippen molar-refractivity contribution < 1.29 is 14.3 Å². The highest BCUT2D eigenvalue weighted by Crippen LogP contribution is 2.38. The molecule has 0 amide bonds. The van der Waals surface area contributed by atoms with Crippen molar-refractivity contribution in [3.8, 4) is 5.75 Å². The number of methoxy groups -OCH3 is 2. The Kier molecular flexibility index (Phi) is 5.99. The number of hydrogen-bond acceptors (Lipinski definition) is 4. The molecule has 172 valence electrons. The number of anilines is 1. The molecule has 0 radical (unpaired) electrons. The van der Waals surface area contributed by atoms with Gasteiger partial charge in [-0.15, -0.1) is 0 Å². The molecule has 0 atom stereocenters. The minimum atomic E-state index is -0.303. The smallest absolute Gasteiger partial charge is 0.337 e. The molecule has 6 heteroatoms. The molecule has 1 aliphatic heterocycles. The third-order valence-electron chi connectivity index (χ3n) is 6.81. The quantitative estimate of drug-likeness (QED) is 0.380. The van der Waals surface area contributed by atoms with E-state index >= 15 is 0 Å². The summed E-state index contributed by atoms with van der Waals surface area (Å²) in [6.45, 7) is 3.11. The van der Waals surface area contributed by atoms with Crippen molar-refractivity contribution in [2.24, 2.45) is 0 Å². The summed E-state index contributed by atoms with van der Waals surface area (Å²) < 4.78 is 13.0. The van der Waals surface area contributed by atoms with Gasteiger partial charge in [0.25, 0.3) is 0 Å². The number of fused-ring (bicyclic) bond motifs is 2. The van der Waals surface area contributed by atoms with Gasteiger partial charge < -0.3 is 23.9 Å². The minimum absolute atomic E-state index is 0.303. The number of benzene rings is 2. The number of nitrogens with zero attached hydrogens (tertiary/aromatic N) is 2. The summed E-state index contributed by atoms with van der Waals surface area (Å²) in [4.78, 5) is 17.7. The van der Waals surface area contributed by atoms with Crippen molar-refractivity contribution in [3.05, 3.63) is 59.9 Å². The molecule has 1 saturated heterocycles. The molecule has 1 N–H and O–H groups in total. The summed E-state index contributed by atoms with van der Waals surface area (Å²) in [7, 11) is 3.18. The van der Waals surface area contributed by atoms with E-state index in [9.17, 15) is 4.79 Å². The van der Waals surface area contributed by atoms with Gasteiger partial charge in [0.05, 0.1) is 31.0 Å². The lowest BCUT2D eigenvalue weighted by molar-refractivity contribution is 0.0601. The molecule has 33 heavy (non-hydrogen) atoms. The van der Waals surface area contributed by atoms with Gasteiger partial charge in [0.1, 0.15) is 5.75 Å². The van der Waals surface area contributed by atoms with E-state index in [-0.39, 0.29) is 5.97 Å². The molecule has 2 aromatic heterocycles. The highest BCUT2D eigenvalue weighted by Gasteiger charge is 2.19. The second-order valence-corrected chi connectivity index (χ2v) is 8.78. The Labute approximate surface area is 194 Å². The van der Waals surface area contributed by atoms with Crippen molar-refractivity contribution in [2.45, 2.75) is 38.6 Å². The number of nitrogens with one attached hydrogen (secondary N) is 1. The van der Waals surface area contributed by atoms with Gasteiger partial charge in [-0.05, 0) is 74.1 Å². The molecule has 3 heterocycles. The molecule has 1 fully saturated rings. The zero-order valence-corrected chi connectivity index (χ0v) is 19.4. The number of aryl methyl sites for hydroxylation is 2. The Morgan fingerprint density at radius 1 is 1.03 bits per heavy atom. The number of ether oxygens (including phenoxy) is 2. The maximum atomic E-state index is 11.9. The molecule has 1 aliphatic rings. The van der Waals surface area contributed by atoms with Crippen molar-refractivity contribution >= 4 is 33.5 Å². The Morgan fingerprint density at radius 2 is 1.88 bits per heavy atom. The summed E-state index contributed by atoms with van der Waals surface area (Å²) in [6, 6.07) is 12.2. The van der Waals surface area contributed by atoms with E-state index in [2.05, 4.69) is 45.0 Å². The van der Waals surface area contributed by atoms with Crippen LogP contribution in [0.15, 0.2) is 48.8 Å². The fourth-order valence-electron chi connectivity index (χ4n) is 5.11. The highest BCUT2D eigenvalue weighted by molar-refractivity contribution is 5.97. The standard InChI is InChI=1S/C27H31N3O3/c1-32-25-11-10-24-21(26(25)30-13-4-3-5-14-30)12-16-29(24)15-6-7-20-18-28-23-9-8-19(17-22(20)23)27(31)33-2/h8-12,16-18,28H,3-7,13-15H2,1-2H3. The molecule has 0 aliphatic carbocycles. The molecule has 0 unspecified atom stereocenters. The van der Waals surface area contributed by atoms with Gasteiger partial charge in [0.15, 0.2) is 0 Å². The SMILES string of the molecule is COC(=O)c1ccc2[nH]cc(CCCn3ccc4c(N5CCCCC5)c(OC)ccc43)c2c1. The van der Waals surface area contributed by atoms with Crippen molar-refractivity contribution in [2.75, 3.05) is 32.2 Å². The number of rotatable bonds is 7. The Bertz CT molecular complexity index is 1280. The summed E-state index contributed by atoms with van der Waals surface area (Å²) in [5.74, 6) is 0.658. The van der Waals surface area contributed by atoms with Gasteiger partial charge in [-0.1, -0.05) is 0 Å². The number of esters is 1. The van der Waals surface area contributed by atoms with Crippen LogP contribution in [0.1, 0.15) is 41.6 Å². The molecule has 6 nitrogen and oxygen atoms in total. The summed E-state index contributed by atoms with van der Waals surface area (Å²) in [6.07, 6.45) is 9.97. The molecule has 0 spiro atoms. The summed E-state index contributed by atoms with van der Waals surface area (Å²) >= 11 is 0. The topological polar surface area (TPSA) is 59.5 Å². The third kappa shape index (κ3) is 4.06. The summed E-state index contributed by atoms with van der Waals surface area (Å²) in [5, 5.41) is 2.36. The predicted molar refractivity (Wildman–Crippen MR) is 133 cm³/mol. The lowest BCUT2D eigenvalue weighted by Gasteiger charge is -2.30. The molecule has 2 aromatic carbocycles. The van der Waals surface area contributed by atoms with Crippen LogP contribution in [0, 0.1) is 0 Å². The lowest BCUT2D eigenvalue weighted by atomic mass is 10.1. The zero-order valence-electron chi connectivity index (χ0n) is 19.4. The van der Waals surface area contributed by atoms with Crippen LogP contribution in [0.2, 0.25) is 0 Å². The third-order valence-corrected chi connectivity index (χ3v) is 6.81. The van der Waals surface area contributed by atoms with E-state index < -0.39 is 0 Å². The summed E-state index contributed by atoms with van der Waals surface area (Å²) in [5.41, 5.74) is 5.34. The lowest BCUT2D eigenvalue weighted by Crippen LogP contribution is -2.29. The number of piperidine rings is 1. The first-order valence-electron chi connectivity index (χ1n) is 11.8. The largest absolute Gasteiger partial charge is 0.495 e. The molecule has 5 rings (SSSR count). The van der Waals surface area contributed by atoms with Crippen LogP contribution in [-0.2, 0) is 17.7 Å². The molecular formula is C27H31N3O3. The monoisotopic (exact) mass is 445 g/mol. The average molecular weight is 446 g/mol. The maximum absolute atomic E-state index is 11.9. The molecule has 4 aromatic rings. The van der Waals surface area contributed by atoms with Crippen LogP contribution in [-0.4, -0.2) is 42.8 Å². The Hall–Kier alpha value is -3.41. The van der Waals surface area contributed by atoms with Crippen molar-refractivity contribution in [1.82, 2.24) is 9.55 Å². The number of H-pyrrole nitrogens is 1. The molecular weight excluding hydrogens is 414 g/mol. The van der Waals surface area contributed by atoms with Gasteiger partial charge in [0.2, 0.25) is 0 Å². The second kappa shape index (κ2) is 9.22. The van der Waals surface area contributed by atoms with Crippen molar-refractivity contribution in [3.63, 3.8) is 0 Å². The van der Waals surface area contributed by atoms with Gasteiger partial charge in [-0.2, -0.15) is 0 Å². The first-order valence-corrected chi connectivity index (χ1v) is 11.8. The predicted octanol–water partition coefficient (Wildman–Crippen LogP) is 5.54. The average Bonchev–Trinajstić information content (AvgIpc) is 3.47. The number of carbonyl (C=O) groups excluding carboxylic acids is 1. The van der Waals surface area contributed by atoms with Crippen LogP contribution < -0.4 is 9.64 Å². The number of aromatic amines is 1. The first kappa shape index (κ1) is 21.4. The van der Waals surface area contributed by atoms with Crippen molar-refractivity contribution in [1.29, 1.82) is 0 Å². The molecule has 0 saturated carbocycles. The number of carbonyl (C=O) groups is 1. The van der Waals surface area contributed by atoms with Crippen LogP contribution in [0.25, 0.3) is 21.8 Å².